The molecule has 2 aromatic carbocycles. The minimum absolute atomic E-state index is 0.469. The molecule has 2 aromatic rings. The summed E-state index contributed by atoms with van der Waals surface area (Å²) in [5.74, 6) is 0.696. The summed E-state index contributed by atoms with van der Waals surface area (Å²) in [6, 6.07) is 13.5. The summed E-state index contributed by atoms with van der Waals surface area (Å²) >= 11 is 10.2. The molecule has 0 unspecified atom stereocenters. The topological polar surface area (TPSA) is 33.0 Å². The van der Waals surface area contributed by atoms with E-state index in [1.807, 2.05) is 24.3 Å². The lowest BCUT2D eigenvalue weighted by molar-refractivity contribution is 0.302. The summed E-state index contributed by atoms with van der Waals surface area (Å²) in [5.41, 5.74) is 1.65. The van der Waals surface area contributed by atoms with Gasteiger partial charge < -0.3 is 4.74 Å². The van der Waals surface area contributed by atoms with Crippen LogP contribution in [0.3, 0.4) is 0 Å². The van der Waals surface area contributed by atoms with Gasteiger partial charge in [0.1, 0.15) is 12.4 Å². The first-order valence-corrected chi connectivity index (χ1v) is 7.74. The van der Waals surface area contributed by atoms with Crippen LogP contribution in [0.25, 0.3) is 0 Å². The summed E-state index contributed by atoms with van der Waals surface area (Å²) in [7, 11) is 0. The van der Waals surface area contributed by atoms with Gasteiger partial charge in [0.05, 0.1) is 20.6 Å². The summed E-state index contributed by atoms with van der Waals surface area (Å²) < 4.78 is 8.33. The summed E-state index contributed by atoms with van der Waals surface area (Å²) in [4.78, 5) is 0. The second-order valence-corrected chi connectivity index (χ2v) is 6.42. The van der Waals surface area contributed by atoms with Gasteiger partial charge in [0, 0.05) is 4.47 Å². The van der Waals surface area contributed by atoms with Crippen molar-refractivity contribution in [2.24, 2.45) is 0 Å². The van der Waals surface area contributed by atoms with E-state index in [0.29, 0.717) is 17.9 Å². The maximum absolute atomic E-state index is 8.87. The van der Waals surface area contributed by atoms with Crippen LogP contribution in [0.2, 0.25) is 0 Å². The molecule has 2 rings (SSSR count). The van der Waals surface area contributed by atoms with Crippen LogP contribution in [-0.2, 0) is 6.61 Å². The molecule has 0 aliphatic rings. The van der Waals surface area contributed by atoms with Crippen molar-refractivity contribution in [1.29, 1.82) is 5.26 Å². The SMILES string of the molecule is N#Cc1cc(Br)c(OCc2ccc(Br)cc2)c(Br)c1. The highest BCUT2D eigenvalue weighted by molar-refractivity contribution is 9.11. The minimum atomic E-state index is 0.469. The Bertz CT molecular complexity index is 609. The third kappa shape index (κ3) is 3.82. The third-order valence-electron chi connectivity index (χ3n) is 2.42. The van der Waals surface area contributed by atoms with Gasteiger partial charge in [-0.25, -0.2) is 0 Å². The van der Waals surface area contributed by atoms with Crippen molar-refractivity contribution in [3.05, 3.63) is 60.9 Å². The van der Waals surface area contributed by atoms with Crippen LogP contribution in [-0.4, -0.2) is 0 Å². The Morgan fingerprint density at radius 2 is 1.58 bits per heavy atom. The zero-order chi connectivity index (χ0) is 13.8. The van der Waals surface area contributed by atoms with E-state index >= 15 is 0 Å². The van der Waals surface area contributed by atoms with E-state index in [0.717, 1.165) is 19.0 Å². The standard InChI is InChI=1S/C14H8Br3NO/c15-11-3-1-9(2-4-11)8-19-14-12(16)5-10(7-18)6-13(14)17/h1-6H,8H2. The Hall–Kier alpha value is -0.830. The van der Waals surface area contributed by atoms with Gasteiger partial charge in [0.25, 0.3) is 0 Å². The predicted molar refractivity (Wildman–Crippen MR) is 85.0 cm³/mol. The molecule has 5 heteroatoms. The smallest absolute Gasteiger partial charge is 0.148 e. The quantitative estimate of drug-likeness (QED) is 0.631. The van der Waals surface area contributed by atoms with Crippen LogP contribution in [0.1, 0.15) is 11.1 Å². The molecule has 19 heavy (non-hydrogen) atoms. The normalized spacial score (nSPS) is 10.0. The average molecular weight is 446 g/mol. The fraction of sp³-hybridized carbons (Fsp3) is 0.0714. The highest BCUT2D eigenvalue weighted by atomic mass is 79.9. The van der Waals surface area contributed by atoms with E-state index in [-0.39, 0.29) is 0 Å². The molecule has 0 spiro atoms. The first-order chi connectivity index (χ1) is 9.10. The van der Waals surface area contributed by atoms with E-state index in [1.165, 1.54) is 0 Å². The predicted octanol–water partition coefficient (Wildman–Crippen LogP) is 5.42. The largest absolute Gasteiger partial charge is 0.487 e. The number of benzene rings is 2. The number of rotatable bonds is 3. The van der Waals surface area contributed by atoms with Crippen molar-refractivity contribution < 1.29 is 4.74 Å². The number of halogens is 3. The Morgan fingerprint density at radius 3 is 2.11 bits per heavy atom. The van der Waals surface area contributed by atoms with Crippen molar-refractivity contribution in [2.75, 3.05) is 0 Å². The number of hydrogen-bond acceptors (Lipinski definition) is 2. The molecule has 0 N–H and O–H groups in total. The van der Waals surface area contributed by atoms with Gasteiger partial charge >= 0.3 is 0 Å². The highest BCUT2D eigenvalue weighted by Gasteiger charge is 2.09. The number of nitriles is 1. The van der Waals surface area contributed by atoms with E-state index in [4.69, 9.17) is 10.00 Å². The molecule has 0 amide bonds. The summed E-state index contributed by atoms with van der Waals surface area (Å²) in [6.07, 6.45) is 0. The maximum Gasteiger partial charge on any atom is 0.148 e. The van der Waals surface area contributed by atoms with Crippen LogP contribution >= 0.6 is 47.8 Å². The van der Waals surface area contributed by atoms with E-state index in [2.05, 4.69) is 53.9 Å². The molecule has 0 atom stereocenters. The van der Waals surface area contributed by atoms with Crippen LogP contribution in [0, 0.1) is 11.3 Å². The van der Waals surface area contributed by atoms with Gasteiger partial charge in [-0.3, -0.25) is 0 Å². The molecule has 0 saturated carbocycles. The number of ether oxygens (including phenoxy) is 1. The lowest BCUT2D eigenvalue weighted by Gasteiger charge is -2.10. The Balaban J connectivity index is 2.16. The molecule has 0 aromatic heterocycles. The van der Waals surface area contributed by atoms with Crippen LogP contribution < -0.4 is 4.74 Å². The monoisotopic (exact) mass is 443 g/mol. The molecular weight excluding hydrogens is 438 g/mol. The lowest BCUT2D eigenvalue weighted by Crippen LogP contribution is -1.97. The van der Waals surface area contributed by atoms with Crippen LogP contribution in [0.4, 0.5) is 0 Å². The van der Waals surface area contributed by atoms with Gasteiger partial charge in [-0.05, 0) is 61.7 Å². The van der Waals surface area contributed by atoms with Crippen molar-refractivity contribution in [1.82, 2.24) is 0 Å². The average Bonchev–Trinajstić information content (AvgIpc) is 2.39. The Labute approximate surface area is 136 Å². The molecular formula is C14H8Br3NO. The molecule has 0 radical (unpaired) electrons. The lowest BCUT2D eigenvalue weighted by atomic mass is 10.2. The molecule has 0 aliphatic heterocycles. The van der Waals surface area contributed by atoms with Gasteiger partial charge in [-0.2, -0.15) is 5.26 Å². The number of hydrogen-bond donors (Lipinski definition) is 0. The molecule has 0 fully saturated rings. The third-order valence-corrected chi connectivity index (χ3v) is 4.13. The molecule has 0 bridgehead atoms. The second-order valence-electron chi connectivity index (χ2n) is 3.80. The van der Waals surface area contributed by atoms with Crippen molar-refractivity contribution in [3.8, 4) is 11.8 Å². The molecule has 0 aliphatic carbocycles. The second kappa shape index (κ2) is 6.56. The fourth-order valence-electron chi connectivity index (χ4n) is 1.50. The van der Waals surface area contributed by atoms with Crippen molar-refractivity contribution >= 4 is 47.8 Å². The van der Waals surface area contributed by atoms with Gasteiger partial charge in [0.2, 0.25) is 0 Å². The van der Waals surface area contributed by atoms with Gasteiger partial charge in [0.15, 0.2) is 0 Å². The van der Waals surface area contributed by atoms with E-state index in [9.17, 15) is 0 Å². The Kier molecular flexibility index (Phi) is 5.03. The zero-order valence-corrected chi connectivity index (χ0v) is 14.4. The fourth-order valence-corrected chi connectivity index (χ4v) is 3.18. The first-order valence-electron chi connectivity index (χ1n) is 5.36. The molecule has 96 valence electrons. The molecule has 2 nitrogen and oxygen atoms in total. The van der Waals surface area contributed by atoms with Gasteiger partial charge in [-0.1, -0.05) is 28.1 Å². The summed E-state index contributed by atoms with van der Waals surface area (Å²) in [5, 5.41) is 8.87. The van der Waals surface area contributed by atoms with Crippen molar-refractivity contribution in [2.45, 2.75) is 6.61 Å². The van der Waals surface area contributed by atoms with Crippen molar-refractivity contribution in [3.63, 3.8) is 0 Å². The minimum Gasteiger partial charge on any atom is -0.487 e. The summed E-state index contributed by atoms with van der Waals surface area (Å²) in [6.45, 7) is 0.469. The Morgan fingerprint density at radius 1 is 1.00 bits per heavy atom. The van der Waals surface area contributed by atoms with E-state index in [1.54, 1.807) is 12.1 Å². The zero-order valence-electron chi connectivity index (χ0n) is 9.66. The van der Waals surface area contributed by atoms with Crippen LogP contribution in [0.15, 0.2) is 49.8 Å². The molecule has 0 saturated heterocycles. The van der Waals surface area contributed by atoms with Gasteiger partial charge in [-0.15, -0.1) is 0 Å². The van der Waals surface area contributed by atoms with E-state index < -0.39 is 0 Å². The highest BCUT2D eigenvalue weighted by Crippen LogP contribution is 2.35. The molecule has 0 heterocycles. The maximum atomic E-state index is 8.87. The van der Waals surface area contributed by atoms with Crippen LogP contribution in [0.5, 0.6) is 5.75 Å². The number of nitrogens with zero attached hydrogens (tertiary/aromatic N) is 1. The first kappa shape index (κ1) is 14.6.